The Kier molecular flexibility index (Phi) is 2.11. The van der Waals surface area contributed by atoms with Crippen LogP contribution in [0.4, 0.5) is 0 Å². The molecule has 0 aliphatic heterocycles. The summed E-state index contributed by atoms with van der Waals surface area (Å²) in [4.78, 5) is 7.77. The van der Waals surface area contributed by atoms with E-state index in [1.807, 2.05) is 37.3 Å². The second-order valence-corrected chi connectivity index (χ2v) is 4.44. The van der Waals surface area contributed by atoms with Crippen LogP contribution < -0.4 is 0 Å². The highest BCUT2D eigenvalue weighted by Crippen LogP contribution is 2.25. The van der Waals surface area contributed by atoms with Crippen molar-refractivity contribution in [3.63, 3.8) is 0 Å². The second kappa shape index (κ2) is 3.49. The first kappa shape index (κ1) is 9.66. The molecule has 1 N–H and O–H groups in total. The minimum Gasteiger partial charge on any atom is -0.446 e. The van der Waals surface area contributed by atoms with Crippen LogP contribution in [-0.2, 0) is 0 Å². The Balaban J connectivity index is 2.22. The van der Waals surface area contributed by atoms with Gasteiger partial charge in [0.1, 0.15) is 0 Å². The lowest BCUT2D eigenvalue weighted by Gasteiger charge is -1.90. The molecule has 0 saturated carbocycles. The molecular weight excluding hydrogens is 268 g/mol. The van der Waals surface area contributed by atoms with Crippen molar-refractivity contribution in [1.82, 2.24) is 9.97 Å². The van der Waals surface area contributed by atoms with Crippen molar-refractivity contribution in [3.05, 3.63) is 40.6 Å². The van der Waals surface area contributed by atoms with Crippen LogP contribution in [0.1, 0.15) is 5.56 Å². The summed E-state index contributed by atoms with van der Waals surface area (Å²) in [5.74, 6) is 1.50. The molecule has 16 heavy (non-hydrogen) atoms. The molecule has 0 fully saturated rings. The van der Waals surface area contributed by atoms with Gasteiger partial charge in [0.2, 0.25) is 0 Å². The van der Waals surface area contributed by atoms with Gasteiger partial charge in [0.25, 0.3) is 0 Å². The Morgan fingerprint density at radius 3 is 2.81 bits per heavy atom. The topological polar surface area (TPSA) is 41.8 Å². The van der Waals surface area contributed by atoms with Gasteiger partial charge >= 0.3 is 0 Å². The van der Waals surface area contributed by atoms with E-state index in [4.69, 9.17) is 4.42 Å². The van der Waals surface area contributed by atoms with Crippen molar-refractivity contribution in [2.24, 2.45) is 0 Å². The fraction of sp³-hybridized carbons (Fsp3) is 0.0833. The van der Waals surface area contributed by atoms with Crippen LogP contribution in [0.5, 0.6) is 0 Å². The van der Waals surface area contributed by atoms with Crippen molar-refractivity contribution in [3.8, 4) is 11.6 Å². The number of hydrogen-bond donors (Lipinski definition) is 1. The molecule has 2 heterocycles. The highest BCUT2D eigenvalue weighted by molar-refractivity contribution is 9.10. The predicted molar refractivity (Wildman–Crippen MR) is 66.2 cm³/mol. The second-order valence-electron chi connectivity index (χ2n) is 3.66. The number of imidazole rings is 1. The number of para-hydroxylation sites is 1. The molecule has 0 bridgehead atoms. The Morgan fingerprint density at radius 2 is 2.12 bits per heavy atom. The van der Waals surface area contributed by atoms with E-state index < -0.39 is 0 Å². The molecule has 0 radical (unpaired) electrons. The number of aryl methyl sites for hydroxylation is 1. The van der Waals surface area contributed by atoms with Gasteiger partial charge in [0, 0.05) is 0 Å². The lowest BCUT2D eigenvalue weighted by atomic mass is 10.2. The van der Waals surface area contributed by atoms with Gasteiger partial charge < -0.3 is 9.40 Å². The van der Waals surface area contributed by atoms with E-state index in [1.165, 1.54) is 0 Å². The first-order valence-electron chi connectivity index (χ1n) is 4.95. The number of aromatic nitrogens is 2. The summed E-state index contributed by atoms with van der Waals surface area (Å²) < 4.78 is 6.17. The van der Waals surface area contributed by atoms with E-state index in [-0.39, 0.29) is 0 Å². The normalized spacial score (nSPS) is 11.1. The maximum atomic E-state index is 5.46. The number of aromatic amines is 1. The van der Waals surface area contributed by atoms with Crippen molar-refractivity contribution in [2.75, 3.05) is 0 Å². The third-order valence-electron chi connectivity index (χ3n) is 2.52. The van der Waals surface area contributed by atoms with Crippen LogP contribution in [0.25, 0.3) is 22.6 Å². The molecule has 2 aromatic heterocycles. The summed E-state index contributed by atoms with van der Waals surface area (Å²) >= 11 is 3.28. The van der Waals surface area contributed by atoms with Crippen LogP contribution in [0.2, 0.25) is 0 Å². The minimum atomic E-state index is 0.708. The molecule has 0 saturated heterocycles. The monoisotopic (exact) mass is 276 g/mol. The van der Waals surface area contributed by atoms with Gasteiger partial charge in [-0.3, -0.25) is 0 Å². The van der Waals surface area contributed by atoms with Crippen molar-refractivity contribution in [1.29, 1.82) is 0 Å². The molecule has 3 aromatic rings. The lowest BCUT2D eigenvalue weighted by Crippen LogP contribution is -1.75. The maximum Gasteiger partial charge on any atom is 0.174 e. The van der Waals surface area contributed by atoms with E-state index in [9.17, 15) is 0 Å². The summed E-state index contributed by atoms with van der Waals surface area (Å²) in [6.45, 7) is 2.05. The molecule has 0 unspecified atom stereocenters. The molecule has 0 atom stereocenters. The van der Waals surface area contributed by atoms with Crippen molar-refractivity contribution >= 4 is 27.0 Å². The maximum absolute atomic E-state index is 5.46. The molecule has 3 rings (SSSR count). The SMILES string of the molecule is Cc1cccc2[nH]c(-c3ccc(Br)o3)nc12. The molecule has 80 valence electrons. The smallest absolute Gasteiger partial charge is 0.174 e. The van der Waals surface area contributed by atoms with Crippen molar-refractivity contribution < 1.29 is 4.42 Å². The van der Waals surface area contributed by atoms with Gasteiger partial charge in [0.15, 0.2) is 16.3 Å². The number of nitrogens with one attached hydrogen (secondary N) is 1. The fourth-order valence-electron chi connectivity index (χ4n) is 1.73. The van der Waals surface area contributed by atoms with Gasteiger partial charge in [-0.05, 0) is 46.6 Å². The van der Waals surface area contributed by atoms with Crippen LogP contribution in [-0.4, -0.2) is 9.97 Å². The van der Waals surface area contributed by atoms with Gasteiger partial charge in [-0.2, -0.15) is 0 Å². The number of furan rings is 1. The zero-order valence-corrected chi connectivity index (χ0v) is 10.2. The summed E-state index contributed by atoms with van der Waals surface area (Å²) in [5, 5.41) is 0. The number of nitrogens with zero attached hydrogens (tertiary/aromatic N) is 1. The average Bonchev–Trinajstić information content (AvgIpc) is 2.84. The number of halogens is 1. The molecule has 0 spiro atoms. The first-order valence-corrected chi connectivity index (χ1v) is 5.74. The summed E-state index contributed by atoms with van der Waals surface area (Å²) in [5.41, 5.74) is 3.18. The van der Waals surface area contributed by atoms with E-state index in [2.05, 4.69) is 25.9 Å². The molecular formula is C12H9BrN2O. The van der Waals surface area contributed by atoms with E-state index in [0.717, 1.165) is 28.2 Å². The Labute approximate surface area is 101 Å². The minimum absolute atomic E-state index is 0.708. The van der Waals surface area contributed by atoms with Crippen LogP contribution >= 0.6 is 15.9 Å². The molecule has 1 aromatic carbocycles. The van der Waals surface area contributed by atoms with E-state index >= 15 is 0 Å². The van der Waals surface area contributed by atoms with Crippen LogP contribution in [0, 0.1) is 6.92 Å². The Morgan fingerprint density at radius 1 is 1.25 bits per heavy atom. The van der Waals surface area contributed by atoms with Gasteiger partial charge in [-0.15, -0.1) is 0 Å². The Hall–Kier alpha value is -1.55. The quantitative estimate of drug-likeness (QED) is 0.733. The zero-order chi connectivity index (χ0) is 11.1. The first-order chi connectivity index (χ1) is 7.74. The summed E-state index contributed by atoms with van der Waals surface area (Å²) in [6, 6.07) is 9.81. The number of H-pyrrole nitrogens is 1. The molecule has 0 amide bonds. The van der Waals surface area contributed by atoms with Crippen LogP contribution in [0.3, 0.4) is 0 Å². The highest BCUT2D eigenvalue weighted by atomic mass is 79.9. The summed E-state index contributed by atoms with van der Waals surface area (Å²) in [7, 11) is 0. The number of rotatable bonds is 1. The van der Waals surface area contributed by atoms with Gasteiger partial charge in [-0.25, -0.2) is 4.98 Å². The molecule has 0 aliphatic rings. The Bertz CT molecular complexity index is 654. The highest BCUT2D eigenvalue weighted by Gasteiger charge is 2.09. The largest absolute Gasteiger partial charge is 0.446 e. The van der Waals surface area contributed by atoms with Gasteiger partial charge in [0.05, 0.1) is 11.0 Å². The third-order valence-corrected chi connectivity index (χ3v) is 2.95. The molecule has 4 heteroatoms. The summed E-state index contributed by atoms with van der Waals surface area (Å²) in [6.07, 6.45) is 0. The molecule has 0 aliphatic carbocycles. The molecule has 3 nitrogen and oxygen atoms in total. The third kappa shape index (κ3) is 1.46. The lowest BCUT2D eigenvalue weighted by molar-refractivity contribution is 0.552. The van der Waals surface area contributed by atoms with E-state index in [1.54, 1.807) is 0 Å². The standard InChI is InChI=1S/C12H9BrN2O/c1-7-3-2-4-8-11(7)15-12(14-8)9-5-6-10(13)16-9/h2-6H,1H3,(H,14,15). The number of hydrogen-bond acceptors (Lipinski definition) is 2. The van der Waals surface area contributed by atoms with Crippen molar-refractivity contribution in [2.45, 2.75) is 6.92 Å². The number of fused-ring (bicyclic) bond motifs is 1. The van der Waals surface area contributed by atoms with E-state index in [0.29, 0.717) is 4.67 Å². The zero-order valence-electron chi connectivity index (χ0n) is 8.62. The average molecular weight is 277 g/mol. The fourth-order valence-corrected chi connectivity index (χ4v) is 2.04. The number of benzene rings is 1. The van der Waals surface area contributed by atoms with Crippen LogP contribution in [0.15, 0.2) is 39.4 Å². The predicted octanol–water partition coefficient (Wildman–Crippen LogP) is 3.89. The van der Waals surface area contributed by atoms with Gasteiger partial charge in [-0.1, -0.05) is 12.1 Å².